The molecule has 1 saturated carbocycles. The van der Waals surface area contributed by atoms with Gasteiger partial charge in [-0.05, 0) is 44.2 Å². The molecule has 0 radical (unpaired) electrons. The number of hydrogen-bond donors (Lipinski definition) is 1. The molecule has 0 aromatic rings. The second kappa shape index (κ2) is 6.61. The Morgan fingerprint density at radius 1 is 1.12 bits per heavy atom. The van der Waals surface area contributed by atoms with Gasteiger partial charge in [0.1, 0.15) is 0 Å². The van der Waals surface area contributed by atoms with Crippen LogP contribution in [-0.4, -0.2) is 37.1 Å². The predicted molar refractivity (Wildman–Crippen MR) is 71.8 cm³/mol. The Morgan fingerprint density at radius 3 is 2.12 bits per heavy atom. The average molecular weight is 226 g/mol. The van der Waals surface area contributed by atoms with E-state index in [2.05, 4.69) is 37.9 Å². The molecule has 1 rings (SSSR count). The lowest BCUT2D eigenvalue weighted by Gasteiger charge is -2.32. The molecule has 1 aliphatic rings. The van der Waals surface area contributed by atoms with Gasteiger partial charge in [0, 0.05) is 19.1 Å². The van der Waals surface area contributed by atoms with Crippen LogP contribution < -0.4 is 5.32 Å². The van der Waals surface area contributed by atoms with E-state index in [4.69, 9.17) is 0 Å². The highest BCUT2D eigenvalue weighted by Gasteiger charge is 2.26. The second-order valence-electron chi connectivity index (χ2n) is 6.10. The third kappa shape index (κ3) is 5.86. The van der Waals surface area contributed by atoms with Crippen LogP contribution in [0.3, 0.4) is 0 Å². The first-order valence-electron chi connectivity index (χ1n) is 7.03. The SMILES string of the molecule is CCCN(CCC)CC(C)(C)CNC1CC1. The molecule has 0 aromatic carbocycles. The normalized spacial score (nSPS) is 17.1. The summed E-state index contributed by atoms with van der Waals surface area (Å²) in [5.41, 5.74) is 0.410. The van der Waals surface area contributed by atoms with Crippen molar-refractivity contribution in [2.24, 2.45) is 5.41 Å². The summed E-state index contributed by atoms with van der Waals surface area (Å²) in [6.45, 7) is 14.2. The molecule has 1 aliphatic carbocycles. The van der Waals surface area contributed by atoms with Crippen LogP contribution in [0.15, 0.2) is 0 Å². The number of nitrogens with one attached hydrogen (secondary N) is 1. The summed E-state index contributed by atoms with van der Waals surface area (Å²) in [5, 5.41) is 3.66. The molecule has 16 heavy (non-hydrogen) atoms. The van der Waals surface area contributed by atoms with E-state index in [1.54, 1.807) is 0 Å². The first-order valence-corrected chi connectivity index (χ1v) is 7.03. The van der Waals surface area contributed by atoms with Crippen molar-refractivity contribution in [1.29, 1.82) is 0 Å². The fourth-order valence-corrected chi connectivity index (χ4v) is 2.27. The number of nitrogens with zero attached hydrogens (tertiary/aromatic N) is 1. The maximum atomic E-state index is 3.66. The topological polar surface area (TPSA) is 15.3 Å². The number of hydrogen-bond acceptors (Lipinski definition) is 2. The van der Waals surface area contributed by atoms with Crippen LogP contribution in [0, 0.1) is 5.41 Å². The Hall–Kier alpha value is -0.0800. The molecule has 0 atom stereocenters. The summed E-state index contributed by atoms with van der Waals surface area (Å²) in [7, 11) is 0. The Morgan fingerprint density at radius 2 is 1.69 bits per heavy atom. The molecule has 0 aromatic heterocycles. The van der Waals surface area contributed by atoms with Crippen molar-refractivity contribution in [2.75, 3.05) is 26.2 Å². The maximum Gasteiger partial charge on any atom is 0.00684 e. The van der Waals surface area contributed by atoms with Crippen LogP contribution in [0.1, 0.15) is 53.4 Å². The molecule has 1 fully saturated rings. The van der Waals surface area contributed by atoms with Gasteiger partial charge in [-0.1, -0.05) is 27.7 Å². The van der Waals surface area contributed by atoms with Crippen LogP contribution in [0.25, 0.3) is 0 Å². The summed E-state index contributed by atoms with van der Waals surface area (Å²) in [4.78, 5) is 2.62. The monoisotopic (exact) mass is 226 g/mol. The smallest absolute Gasteiger partial charge is 0.00684 e. The van der Waals surface area contributed by atoms with E-state index in [0.717, 1.165) is 6.04 Å². The van der Waals surface area contributed by atoms with Gasteiger partial charge >= 0.3 is 0 Å². The fraction of sp³-hybridized carbons (Fsp3) is 1.00. The van der Waals surface area contributed by atoms with E-state index in [0.29, 0.717) is 5.41 Å². The van der Waals surface area contributed by atoms with Gasteiger partial charge in [-0.15, -0.1) is 0 Å². The minimum absolute atomic E-state index is 0.410. The molecule has 0 spiro atoms. The Balaban J connectivity index is 2.27. The zero-order valence-corrected chi connectivity index (χ0v) is 11.7. The molecular weight excluding hydrogens is 196 g/mol. The van der Waals surface area contributed by atoms with Crippen molar-refractivity contribution < 1.29 is 0 Å². The second-order valence-corrected chi connectivity index (χ2v) is 6.10. The first kappa shape index (κ1) is 14.0. The third-order valence-electron chi connectivity index (χ3n) is 3.18. The molecule has 0 heterocycles. The molecule has 0 bridgehead atoms. The van der Waals surface area contributed by atoms with Gasteiger partial charge in [-0.25, -0.2) is 0 Å². The van der Waals surface area contributed by atoms with E-state index >= 15 is 0 Å². The predicted octanol–water partition coefficient (Wildman–Crippen LogP) is 2.89. The minimum Gasteiger partial charge on any atom is -0.313 e. The van der Waals surface area contributed by atoms with Gasteiger partial charge < -0.3 is 10.2 Å². The Labute approximate surface area is 102 Å². The quantitative estimate of drug-likeness (QED) is 0.650. The van der Waals surface area contributed by atoms with Crippen molar-refractivity contribution in [1.82, 2.24) is 10.2 Å². The Bertz CT molecular complexity index is 179. The summed E-state index contributed by atoms with van der Waals surface area (Å²) >= 11 is 0. The third-order valence-corrected chi connectivity index (χ3v) is 3.18. The summed E-state index contributed by atoms with van der Waals surface area (Å²) < 4.78 is 0. The van der Waals surface area contributed by atoms with E-state index < -0.39 is 0 Å². The summed E-state index contributed by atoms with van der Waals surface area (Å²) in [6.07, 6.45) is 5.33. The van der Waals surface area contributed by atoms with Crippen LogP contribution in [0.4, 0.5) is 0 Å². The largest absolute Gasteiger partial charge is 0.313 e. The van der Waals surface area contributed by atoms with Crippen LogP contribution in [0.2, 0.25) is 0 Å². The standard InChI is InChI=1S/C14H30N2/c1-5-9-16(10-6-2)12-14(3,4)11-15-13-7-8-13/h13,15H,5-12H2,1-4H3. The van der Waals surface area contributed by atoms with Gasteiger partial charge in [0.15, 0.2) is 0 Å². The van der Waals surface area contributed by atoms with Crippen molar-refractivity contribution in [3.8, 4) is 0 Å². The lowest BCUT2D eigenvalue weighted by atomic mass is 9.92. The molecule has 0 aliphatic heterocycles. The van der Waals surface area contributed by atoms with Gasteiger partial charge in [-0.2, -0.15) is 0 Å². The lowest BCUT2D eigenvalue weighted by Crippen LogP contribution is -2.41. The molecule has 2 heteroatoms. The fourth-order valence-electron chi connectivity index (χ4n) is 2.27. The van der Waals surface area contributed by atoms with Crippen molar-refractivity contribution >= 4 is 0 Å². The first-order chi connectivity index (χ1) is 7.57. The number of rotatable bonds is 9. The van der Waals surface area contributed by atoms with E-state index in [1.807, 2.05) is 0 Å². The highest BCUT2D eigenvalue weighted by atomic mass is 15.1. The van der Waals surface area contributed by atoms with Crippen LogP contribution in [-0.2, 0) is 0 Å². The van der Waals surface area contributed by atoms with Crippen LogP contribution in [0.5, 0.6) is 0 Å². The molecule has 0 saturated heterocycles. The van der Waals surface area contributed by atoms with Crippen molar-refractivity contribution in [3.05, 3.63) is 0 Å². The summed E-state index contributed by atoms with van der Waals surface area (Å²) in [5.74, 6) is 0. The molecule has 96 valence electrons. The van der Waals surface area contributed by atoms with E-state index in [1.165, 1.54) is 51.9 Å². The average Bonchev–Trinajstić information content (AvgIpc) is 2.98. The maximum absolute atomic E-state index is 3.66. The van der Waals surface area contributed by atoms with Gasteiger partial charge in [0.25, 0.3) is 0 Å². The van der Waals surface area contributed by atoms with Crippen LogP contribution >= 0.6 is 0 Å². The lowest BCUT2D eigenvalue weighted by molar-refractivity contribution is 0.174. The van der Waals surface area contributed by atoms with E-state index in [9.17, 15) is 0 Å². The van der Waals surface area contributed by atoms with Crippen molar-refractivity contribution in [2.45, 2.75) is 59.4 Å². The molecule has 1 N–H and O–H groups in total. The van der Waals surface area contributed by atoms with E-state index in [-0.39, 0.29) is 0 Å². The molecule has 0 amide bonds. The van der Waals surface area contributed by atoms with Gasteiger partial charge in [0.05, 0.1) is 0 Å². The summed E-state index contributed by atoms with van der Waals surface area (Å²) in [6, 6.07) is 0.838. The zero-order chi connectivity index (χ0) is 12.0. The Kier molecular flexibility index (Phi) is 5.77. The minimum atomic E-state index is 0.410. The molecule has 2 nitrogen and oxygen atoms in total. The van der Waals surface area contributed by atoms with Gasteiger partial charge in [-0.3, -0.25) is 0 Å². The van der Waals surface area contributed by atoms with Crippen molar-refractivity contribution in [3.63, 3.8) is 0 Å². The highest BCUT2D eigenvalue weighted by molar-refractivity contribution is 4.85. The molecule has 0 unspecified atom stereocenters. The van der Waals surface area contributed by atoms with Gasteiger partial charge in [0.2, 0.25) is 0 Å². The molecular formula is C14H30N2. The highest BCUT2D eigenvalue weighted by Crippen LogP contribution is 2.22. The zero-order valence-electron chi connectivity index (χ0n) is 11.7.